The fourth-order valence-electron chi connectivity index (χ4n) is 5.95. The second kappa shape index (κ2) is 12.3. The first-order chi connectivity index (χ1) is 20.1. The molecule has 0 aliphatic heterocycles. The number of nitrogens with zero attached hydrogens (tertiary/aromatic N) is 1. The molecule has 0 saturated heterocycles. The van der Waals surface area contributed by atoms with E-state index in [1.54, 1.807) is 19.2 Å². The number of carbonyl (C=O) groups is 2. The van der Waals surface area contributed by atoms with Gasteiger partial charge in [-0.15, -0.1) is 0 Å². The molecule has 42 heavy (non-hydrogen) atoms. The van der Waals surface area contributed by atoms with Crippen LogP contribution in [-0.4, -0.2) is 49.0 Å². The zero-order valence-electron chi connectivity index (χ0n) is 23.4. The van der Waals surface area contributed by atoms with Gasteiger partial charge in [0.1, 0.15) is 5.75 Å². The van der Waals surface area contributed by atoms with E-state index in [9.17, 15) is 22.8 Å². The highest BCUT2D eigenvalue weighted by molar-refractivity contribution is 6.51. The van der Waals surface area contributed by atoms with Crippen LogP contribution in [0.5, 0.6) is 5.75 Å². The molecule has 3 aromatic carbocycles. The monoisotopic (exact) mass is 596 g/mol. The first-order valence-corrected chi connectivity index (χ1v) is 14.3. The number of Topliss-reactive ketones (excluding diaryl/α,β-unsaturated/α-hetero) is 1. The maximum absolute atomic E-state index is 14.2. The predicted octanol–water partition coefficient (Wildman–Crippen LogP) is 7.17. The quantitative estimate of drug-likeness (QED) is 0.280. The van der Waals surface area contributed by atoms with E-state index in [2.05, 4.69) is 5.32 Å². The molecule has 2 aliphatic carbocycles. The number of hydrogen-bond acceptors (Lipinski definition) is 4. The highest BCUT2D eigenvalue weighted by Gasteiger charge is 2.39. The average Bonchev–Trinajstić information content (AvgIpc) is 3.35. The second-order valence-electron chi connectivity index (χ2n) is 10.8. The molecule has 9 heteroatoms. The van der Waals surface area contributed by atoms with Crippen LogP contribution in [0.4, 0.5) is 13.2 Å². The maximum atomic E-state index is 14.2. The van der Waals surface area contributed by atoms with Gasteiger partial charge in [-0.25, -0.2) is 0 Å². The molecular formula is C33H32ClF3N2O3. The van der Waals surface area contributed by atoms with Crippen molar-refractivity contribution >= 4 is 28.3 Å². The summed E-state index contributed by atoms with van der Waals surface area (Å²) in [7, 11) is 3.52. The van der Waals surface area contributed by atoms with Gasteiger partial charge in [-0.2, -0.15) is 13.2 Å². The van der Waals surface area contributed by atoms with Crippen molar-refractivity contribution in [2.45, 2.75) is 56.9 Å². The van der Waals surface area contributed by atoms with E-state index in [1.807, 2.05) is 42.3 Å². The Balaban J connectivity index is 1.47. The largest absolute Gasteiger partial charge is 0.496 e. The van der Waals surface area contributed by atoms with Crippen LogP contribution in [-0.2, 0) is 17.8 Å². The van der Waals surface area contributed by atoms with Gasteiger partial charge in [-0.3, -0.25) is 9.59 Å². The number of halogens is 4. The Morgan fingerprint density at radius 2 is 1.64 bits per heavy atom. The Hall–Kier alpha value is -3.62. The molecule has 0 spiro atoms. The van der Waals surface area contributed by atoms with Crippen molar-refractivity contribution in [3.05, 3.63) is 94.6 Å². The number of nitrogens with one attached hydrogen (secondary N) is 1. The lowest BCUT2D eigenvalue weighted by molar-refractivity contribution is -0.130. The smallest absolute Gasteiger partial charge is 0.454 e. The number of benzene rings is 3. The maximum Gasteiger partial charge on any atom is 0.454 e. The summed E-state index contributed by atoms with van der Waals surface area (Å²) in [5.41, 5.74) is 4.20. The van der Waals surface area contributed by atoms with Gasteiger partial charge in [0, 0.05) is 41.7 Å². The van der Waals surface area contributed by atoms with Crippen LogP contribution in [0.15, 0.2) is 72.3 Å². The topological polar surface area (TPSA) is 58.6 Å². The number of hydrogen-bond donors (Lipinski definition) is 1. The SMILES string of the molecule is CN[C@H]1CC[C@@H](N(Cc2cc(-c3ccc(C(=O)C(F)(F)F)cc3)ccc2OC)C(=O)C2=C(Cl)c3ccccc3C2)CC1. The number of rotatable bonds is 8. The van der Waals surface area contributed by atoms with Gasteiger partial charge in [0.15, 0.2) is 0 Å². The molecule has 0 radical (unpaired) electrons. The van der Waals surface area contributed by atoms with Crippen molar-refractivity contribution in [1.29, 1.82) is 0 Å². The van der Waals surface area contributed by atoms with Crippen molar-refractivity contribution in [3.8, 4) is 16.9 Å². The molecule has 3 aromatic rings. The van der Waals surface area contributed by atoms with Gasteiger partial charge in [-0.05, 0) is 67.1 Å². The van der Waals surface area contributed by atoms with Crippen LogP contribution in [0, 0.1) is 0 Å². The summed E-state index contributed by atoms with van der Waals surface area (Å²) in [6.07, 6.45) is -0.902. The van der Waals surface area contributed by atoms with Crippen molar-refractivity contribution in [2.24, 2.45) is 0 Å². The number of amides is 1. The molecule has 220 valence electrons. The molecule has 5 nitrogen and oxygen atoms in total. The molecule has 1 amide bonds. The number of methoxy groups -OCH3 is 1. The lowest BCUT2D eigenvalue weighted by atomic mass is 9.89. The molecule has 2 aliphatic rings. The van der Waals surface area contributed by atoms with Gasteiger partial charge in [0.05, 0.1) is 12.1 Å². The van der Waals surface area contributed by atoms with Crippen molar-refractivity contribution in [2.75, 3.05) is 14.2 Å². The summed E-state index contributed by atoms with van der Waals surface area (Å²) in [6.45, 7) is 0.277. The number of carbonyl (C=O) groups excluding carboxylic acids is 2. The Labute approximate surface area is 248 Å². The Bertz CT molecular complexity index is 1510. The second-order valence-corrected chi connectivity index (χ2v) is 11.2. The Morgan fingerprint density at radius 3 is 2.26 bits per heavy atom. The summed E-state index contributed by atoms with van der Waals surface area (Å²) in [5.74, 6) is -1.39. The minimum atomic E-state index is -4.93. The number of ketones is 1. The third-order valence-corrected chi connectivity index (χ3v) is 8.74. The molecule has 0 bridgehead atoms. The predicted molar refractivity (Wildman–Crippen MR) is 157 cm³/mol. The Morgan fingerprint density at radius 1 is 0.976 bits per heavy atom. The fourth-order valence-corrected chi connectivity index (χ4v) is 6.28. The summed E-state index contributed by atoms with van der Waals surface area (Å²) < 4.78 is 44.3. The van der Waals surface area contributed by atoms with Crippen LogP contribution in [0.3, 0.4) is 0 Å². The van der Waals surface area contributed by atoms with E-state index in [-0.39, 0.29) is 18.5 Å². The van der Waals surface area contributed by atoms with Crippen molar-refractivity contribution < 1.29 is 27.5 Å². The average molecular weight is 597 g/mol. The summed E-state index contributed by atoms with van der Waals surface area (Å²) >= 11 is 6.77. The Kier molecular flexibility index (Phi) is 8.76. The summed E-state index contributed by atoms with van der Waals surface area (Å²) in [6, 6.07) is 19.0. The molecule has 0 heterocycles. The molecule has 0 aromatic heterocycles. The zero-order chi connectivity index (χ0) is 30.0. The third kappa shape index (κ3) is 6.10. The van der Waals surface area contributed by atoms with E-state index < -0.39 is 17.5 Å². The molecule has 0 unspecified atom stereocenters. The highest BCUT2D eigenvalue weighted by atomic mass is 35.5. The van der Waals surface area contributed by atoms with E-state index in [0.717, 1.165) is 47.9 Å². The van der Waals surface area contributed by atoms with Crippen molar-refractivity contribution in [1.82, 2.24) is 10.2 Å². The highest BCUT2D eigenvalue weighted by Crippen LogP contribution is 2.38. The number of ether oxygens (including phenoxy) is 1. The summed E-state index contributed by atoms with van der Waals surface area (Å²) in [5, 5.41) is 3.83. The lowest BCUT2D eigenvalue weighted by Crippen LogP contribution is -2.45. The van der Waals surface area contributed by atoms with E-state index in [4.69, 9.17) is 16.3 Å². The molecule has 1 saturated carbocycles. The lowest BCUT2D eigenvalue weighted by Gasteiger charge is -2.37. The third-order valence-electron chi connectivity index (χ3n) is 8.31. The fraction of sp³-hybridized carbons (Fsp3) is 0.333. The first kappa shape index (κ1) is 29.9. The molecule has 1 N–H and O–H groups in total. The minimum Gasteiger partial charge on any atom is -0.496 e. The first-order valence-electron chi connectivity index (χ1n) is 13.9. The van der Waals surface area contributed by atoms with Gasteiger partial charge < -0.3 is 15.0 Å². The number of fused-ring (bicyclic) bond motifs is 1. The van der Waals surface area contributed by atoms with E-state index in [0.29, 0.717) is 34.4 Å². The van der Waals surface area contributed by atoms with Crippen LogP contribution in [0.25, 0.3) is 16.2 Å². The van der Waals surface area contributed by atoms with Gasteiger partial charge in [-0.1, -0.05) is 66.2 Å². The van der Waals surface area contributed by atoms with Gasteiger partial charge in [0.25, 0.3) is 11.7 Å². The summed E-state index contributed by atoms with van der Waals surface area (Å²) in [4.78, 5) is 27.8. The minimum absolute atomic E-state index is 0.00352. The normalized spacial score (nSPS) is 18.5. The van der Waals surface area contributed by atoms with Crippen LogP contribution >= 0.6 is 11.6 Å². The molecule has 1 fully saturated rings. The van der Waals surface area contributed by atoms with E-state index in [1.165, 1.54) is 24.3 Å². The number of alkyl halides is 3. The molecular weight excluding hydrogens is 565 g/mol. The van der Waals surface area contributed by atoms with Crippen LogP contribution in [0.1, 0.15) is 52.7 Å². The van der Waals surface area contributed by atoms with Gasteiger partial charge in [0.2, 0.25) is 0 Å². The van der Waals surface area contributed by atoms with Crippen LogP contribution < -0.4 is 10.1 Å². The van der Waals surface area contributed by atoms with Gasteiger partial charge >= 0.3 is 6.18 Å². The standard InChI is InChI=1S/C33H32ClF3N2O3/c1-38-25-12-14-26(15-13-25)39(32(41)28-18-23-5-3-4-6-27(23)30(28)34)19-24-17-22(11-16-29(24)42-2)20-7-9-21(10-8-20)31(40)33(35,36)37/h3-11,16-17,25-26,38H,12-15,18-19H2,1-2H3/t25-,26+. The van der Waals surface area contributed by atoms with Crippen molar-refractivity contribution in [3.63, 3.8) is 0 Å². The van der Waals surface area contributed by atoms with Crippen LogP contribution in [0.2, 0.25) is 0 Å². The molecule has 5 rings (SSSR count). The zero-order valence-corrected chi connectivity index (χ0v) is 24.2. The van der Waals surface area contributed by atoms with E-state index >= 15 is 0 Å². The molecule has 0 atom stereocenters.